The number of hydrogen-bond acceptors (Lipinski definition) is 10. The number of aromatic nitrogens is 2. The molecule has 3 rings (SSSR count). The van der Waals surface area contributed by atoms with Crippen molar-refractivity contribution in [2.45, 2.75) is 37.3 Å². The van der Waals surface area contributed by atoms with Crippen molar-refractivity contribution >= 4 is 17.9 Å². The normalized spacial score (nSPS) is 17.3. The van der Waals surface area contributed by atoms with Gasteiger partial charge in [0.2, 0.25) is 5.88 Å². The summed E-state index contributed by atoms with van der Waals surface area (Å²) in [6.07, 6.45) is -18.6. The van der Waals surface area contributed by atoms with Crippen LogP contribution >= 0.6 is 0 Å². The first-order valence-corrected chi connectivity index (χ1v) is 9.63. The lowest BCUT2D eigenvalue weighted by Crippen LogP contribution is -2.63. The van der Waals surface area contributed by atoms with Gasteiger partial charge in [-0.3, -0.25) is 10.3 Å². The fourth-order valence-corrected chi connectivity index (χ4v) is 2.71. The first-order valence-electron chi connectivity index (χ1n) is 9.63. The number of halogens is 9. The van der Waals surface area contributed by atoms with Crippen molar-refractivity contribution in [2.24, 2.45) is 0 Å². The smallest absolute Gasteiger partial charge is 0.427 e. The minimum absolute atomic E-state index is 0.0965. The Kier molecular flexibility index (Phi) is 7.44. The van der Waals surface area contributed by atoms with E-state index in [4.69, 9.17) is 4.74 Å². The van der Waals surface area contributed by atoms with Gasteiger partial charge in [-0.05, 0) is 18.2 Å². The molecule has 206 valence electrons. The molecule has 1 aliphatic heterocycles. The van der Waals surface area contributed by atoms with Crippen LogP contribution in [0.5, 0.6) is 5.88 Å². The number of hydrogen-bond donors (Lipinski definition) is 1. The zero-order valence-corrected chi connectivity index (χ0v) is 17.9. The van der Waals surface area contributed by atoms with Crippen LogP contribution < -0.4 is 10.1 Å². The molecular formula is C19H10F9N3O7. The van der Waals surface area contributed by atoms with Gasteiger partial charge >= 0.3 is 42.4 Å². The Bertz CT molecular complexity index is 1190. The van der Waals surface area contributed by atoms with Gasteiger partial charge in [0.15, 0.2) is 0 Å². The molecule has 2 aromatic heterocycles. The number of nitrogens with one attached hydrogen (secondary N) is 1. The third kappa shape index (κ3) is 6.39. The number of carbonyl (C=O) groups is 3. The fraction of sp³-hybridized carbons (Fsp3) is 0.316. The van der Waals surface area contributed by atoms with Gasteiger partial charge < -0.3 is 18.9 Å². The molecule has 1 aliphatic rings. The number of fused-ring (bicyclic) bond motifs is 1. The van der Waals surface area contributed by atoms with Gasteiger partial charge in [0, 0.05) is 30.1 Å². The lowest BCUT2D eigenvalue weighted by molar-refractivity contribution is -0.370. The number of nitrogens with zero attached hydrogens (tertiary/aromatic N) is 2. The number of alkyl halides is 9. The van der Waals surface area contributed by atoms with Crippen LogP contribution in [0.2, 0.25) is 0 Å². The predicted octanol–water partition coefficient (Wildman–Crippen LogP) is 2.92. The number of rotatable bonds is 4. The van der Waals surface area contributed by atoms with Gasteiger partial charge in [-0.1, -0.05) is 6.07 Å². The summed E-state index contributed by atoms with van der Waals surface area (Å²) in [6, 6.07) is 5.17. The Balaban J connectivity index is 2.19. The molecule has 0 bridgehead atoms. The van der Waals surface area contributed by atoms with Crippen LogP contribution in [0.3, 0.4) is 0 Å². The maximum absolute atomic E-state index is 13.0. The van der Waals surface area contributed by atoms with Gasteiger partial charge in [0.25, 0.3) is 6.23 Å². The van der Waals surface area contributed by atoms with E-state index in [2.05, 4.69) is 24.2 Å². The van der Waals surface area contributed by atoms with Gasteiger partial charge in [0.1, 0.15) is 0 Å². The highest BCUT2D eigenvalue weighted by atomic mass is 19.4. The molecule has 10 nitrogen and oxygen atoms in total. The van der Waals surface area contributed by atoms with E-state index >= 15 is 0 Å². The molecular weight excluding hydrogens is 553 g/mol. The molecule has 2 aromatic rings. The monoisotopic (exact) mass is 563 g/mol. The summed E-state index contributed by atoms with van der Waals surface area (Å²) in [5.41, 5.74) is -0.166. The quantitative estimate of drug-likeness (QED) is 0.337. The zero-order chi connectivity index (χ0) is 28.5. The molecule has 0 amide bonds. The van der Waals surface area contributed by atoms with E-state index in [1.165, 1.54) is 30.6 Å². The molecule has 0 saturated carbocycles. The highest BCUT2D eigenvalue weighted by molar-refractivity contribution is 5.79. The second-order valence-corrected chi connectivity index (χ2v) is 7.05. The Morgan fingerprint density at radius 1 is 0.895 bits per heavy atom. The van der Waals surface area contributed by atoms with Crippen LogP contribution in [0.25, 0.3) is 11.3 Å². The molecule has 0 aliphatic carbocycles. The van der Waals surface area contributed by atoms with Crippen molar-refractivity contribution < 1.29 is 72.8 Å². The highest BCUT2D eigenvalue weighted by Crippen LogP contribution is 2.36. The average molecular weight is 563 g/mol. The minimum Gasteiger partial charge on any atom is -0.427 e. The molecule has 19 heteroatoms. The average Bonchev–Trinajstić information content (AvgIpc) is 2.94. The molecule has 0 radical (unpaired) electrons. The van der Waals surface area contributed by atoms with E-state index in [1.54, 1.807) is 5.32 Å². The van der Waals surface area contributed by atoms with E-state index in [1.807, 2.05) is 0 Å². The summed E-state index contributed by atoms with van der Waals surface area (Å²) in [6.45, 7) is -0.819. The Morgan fingerprint density at radius 3 is 1.97 bits per heavy atom. The largest absolute Gasteiger partial charge is 0.491 e. The van der Waals surface area contributed by atoms with Crippen molar-refractivity contribution in [3.05, 3.63) is 42.2 Å². The van der Waals surface area contributed by atoms with Crippen LogP contribution in [0, 0.1) is 0 Å². The molecule has 3 heterocycles. The first kappa shape index (κ1) is 28.4. The Labute approximate surface area is 203 Å². The van der Waals surface area contributed by atoms with Gasteiger partial charge in [-0.15, -0.1) is 0 Å². The van der Waals surface area contributed by atoms with E-state index in [9.17, 15) is 53.9 Å². The van der Waals surface area contributed by atoms with Crippen LogP contribution in [0.4, 0.5) is 39.5 Å². The molecule has 1 unspecified atom stereocenters. The van der Waals surface area contributed by atoms with E-state index in [0.29, 0.717) is 0 Å². The van der Waals surface area contributed by atoms with Gasteiger partial charge in [0.05, 0.1) is 5.69 Å². The second-order valence-electron chi connectivity index (χ2n) is 7.05. The third-order valence-electron chi connectivity index (χ3n) is 4.32. The summed E-state index contributed by atoms with van der Waals surface area (Å²) < 4.78 is 133. The fourth-order valence-electron chi connectivity index (χ4n) is 2.71. The van der Waals surface area contributed by atoms with E-state index < -0.39 is 61.1 Å². The second kappa shape index (κ2) is 9.95. The lowest BCUT2D eigenvalue weighted by Gasteiger charge is -2.35. The first-order chi connectivity index (χ1) is 17.4. The highest BCUT2D eigenvalue weighted by Gasteiger charge is 2.62. The number of esters is 3. The molecule has 1 atom stereocenters. The van der Waals surface area contributed by atoms with Crippen molar-refractivity contribution in [1.29, 1.82) is 0 Å². The van der Waals surface area contributed by atoms with Crippen LogP contribution in [-0.4, -0.2) is 58.6 Å². The van der Waals surface area contributed by atoms with Gasteiger partial charge in [-0.2, -0.15) is 39.5 Å². The summed E-state index contributed by atoms with van der Waals surface area (Å²) in [5, 5.41) is 1.80. The molecule has 38 heavy (non-hydrogen) atoms. The summed E-state index contributed by atoms with van der Waals surface area (Å²) >= 11 is 0. The maximum Gasteiger partial charge on any atom is 0.491 e. The van der Waals surface area contributed by atoms with Crippen molar-refractivity contribution in [3.8, 4) is 17.1 Å². The van der Waals surface area contributed by atoms with Gasteiger partial charge in [-0.25, -0.2) is 19.4 Å². The van der Waals surface area contributed by atoms with Crippen molar-refractivity contribution in [3.63, 3.8) is 0 Å². The Morgan fingerprint density at radius 2 is 1.47 bits per heavy atom. The standard InChI is InChI=1S/C19H10F9N3O7/c20-16(21,22)13(32)35-12-19(37-14(33)17(23,24)25,38-15(34)18(26,27)28)36-11-9(7-30-12)3-4-10(31-11)8-2-1-5-29-6-8/h1-6,12,30H,7H2. The van der Waals surface area contributed by atoms with Crippen LogP contribution in [0.15, 0.2) is 36.7 Å². The predicted molar refractivity (Wildman–Crippen MR) is 97.9 cm³/mol. The topological polar surface area (TPSA) is 126 Å². The van der Waals surface area contributed by atoms with E-state index in [0.717, 1.165) is 6.07 Å². The van der Waals surface area contributed by atoms with Crippen molar-refractivity contribution in [1.82, 2.24) is 15.3 Å². The minimum atomic E-state index is -6.01. The molecule has 0 aromatic carbocycles. The van der Waals surface area contributed by atoms with Crippen LogP contribution in [0.1, 0.15) is 5.56 Å². The van der Waals surface area contributed by atoms with Crippen molar-refractivity contribution in [2.75, 3.05) is 0 Å². The SMILES string of the molecule is O=C(OC1NCc2ccc(-c3cccnc3)nc2OC1(OC(=O)C(F)(F)F)OC(=O)C(F)(F)F)C(F)(F)F. The third-order valence-corrected chi connectivity index (χ3v) is 4.32. The summed E-state index contributed by atoms with van der Waals surface area (Å²) in [7, 11) is 0. The number of ether oxygens (including phenoxy) is 4. The molecule has 0 spiro atoms. The summed E-state index contributed by atoms with van der Waals surface area (Å²) in [5.74, 6) is -15.4. The number of pyridine rings is 2. The molecule has 0 saturated heterocycles. The molecule has 0 fully saturated rings. The lowest BCUT2D eigenvalue weighted by atomic mass is 10.1. The zero-order valence-electron chi connectivity index (χ0n) is 17.9. The van der Waals surface area contributed by atoms with Crippen LogP contribution in [-0.2, 0) is 35.1 Å². The Hall–Kier alpha value is -4.16. The maximum atomic E-state index is 13.0. The number of carbonyl (C=O) groups excluding carboxylic acids is 3. The van der Waals surface area contributed by atoms with E-state index in [-0.39, 0.29) is 16.8 Å². The summed E-state index contributed by atoms with van der Waals surface area (Å²) in [4.78, 5) is 42.2. The molecule has 1 N–H and O–H groups in total.